The second kappa shape index (κ2) is 9.42. The van der Waals surface area contributed by atoms with Crippen LogP contribution in [0.4, 0.5) is 5.69 Å². The van der Waals surface area contributed by atoms with Gasteiger partial charge >= 0.3 is 0 Å². The van der Waals surface area contributed by atoms with Gasteiger partial charge in [-0.1, -0.05) is 17.3 Å². The van der Waals surface area contributed by atoms with Crippen molar-refractivity contribution in [1.82, 2.24) is 15.0 Å². The van der Waals surface area contributed by atoms with Crippen LogP contribution in [0.1, 0.15) is 30.2 Å². The van der Waals surface area contributed by atoms with E-state index in [4.69, 9.17) is 9.26 Å². The van der Waals surface area contributed by atoms with Crippen molar-refractivity contribution >= 4 is 17.7 Å². The number of aromatic nitrogens is 2. The maximum atomic E-state index is 12.5. The van der Waals surface area contributed by atoms with Crippen LogP contribution in [0.25, 0.3) is 17.5 Å². The molecule has 0 N–H and O–H groups in total. The van der Waals surface area contributed by atoms with E-state index in [1.54, 1.807) is 30.2 Å². The molecule has 0 radical (unpaired) electrons. The van der Waals surface area contributed by atoms with E-state index in [2.05, 4.69) is 10.1 Å². The summed E-state index contributed by atoms with van der Waals surface area (Å²) >= 11 is 0. The number of hydrogen-bond acceptors (Lipinski definition) is 7. The molecule has 1 aromatic heterocycles. The summed E-state index contributed by atoms with van der Waals surface area (Å²) in [5.74, 6) is 1.83. The third-order valence-corrected chi connectivity index (χ3v) is 5.45. The van der Waals surface area contributed by atoms with Gasteiger partial charge in [0.05, 0.1) is 12.0 Å². The number of piperidine rings is 1. The van der Waals surface area contributed by atoms with E-state index in [0.29, 0.717) is 24.8 Å². The number of carbonyl (C=O) groups is 1. The third kappa shape index (κ3) is 4.83. The van der Waals surface area contributed by atoms with Crippen LogP contribution < -0.4 is 4.74 Å². The summed E-state index contributed by atoms with van der Waals surface area (Å²) in [6.07, 6.45) is 4.62. The maximum absolute atomic E-state index is 12.5. The van der Waals surface area contributed by atoms with Crippen LogP contribution >= 0.6 is 0 Å². The summed E-state index contributed by atoms with van der Waals surface area (Å²) in [6, 6.07) is 13.5. The van der Waals surface area contributed by atoms with Crippen LogP contribution in [0.5, 0.6) is 5.75 Å². The van der Waals surface area contributed by atoms with Crippen LogP contribution in [0.15, 0.2) is 59.1 Å². The van der Waals surface area contributed by atoms with E-state index in [1.807, 2.05) is 24.3 Å². The average Bonchev–Trinajstić information content (AvgIpc) is 3.33. The molecule has 1 aliphatic rings. The van der Waals surface area contributed by atoms with Crippen molar-refractivity contribution in [2.45, 2.75) is 18.8 Å². The lowest BCUT2D eigenvalue weighted by Gasteiger charge is -2.29. The Bertz CT molecular complexity index is 1130. The Labute approximate surface area is 184 Å². The van der Waals surface area contributed by atoms with Crippen molar-refractivity contribution in [1.29, 1.82) is 0 Å². The number of hydrogen-bond donors (Lipinski definition) is 0. The lowest BCUT2D eigenvalue weighted by molar-refractivity contribution is -0.384. The summed E-state index contributed by atoms with van der Waals surface area (Å²) in [5.41, 5.74) is 1.57. The molecule has 164 valence electrons. The molecule has 9 heteroatoms. The molecule has 0 bridgehead atoms. The first-order valence-corrected chi connectivity index (χ1v) is 10.2. The van der Waals surface area contributed by atoms with Crippen molar-refractivity contribution in [3.8, 4) is 17.1 Å². The fourth-order valence-corrected chi connectivity index (χ4v) is 3.61. The molecular weight excluding hydrogens is 412 g/mol. The molecule has 2 heterocycles. The molecule has 0 saturated carbocycles. The van der Waals surface area contributed by atoms with E-state index < -0.39 is 4.92 Å². The van der Waals surface area contributed by atoms with E-state index in [0.717, 1.165) is 29.7 Å². The van der Waals surface area contributed by atoms with Crippen molar-refractivity contribution in [3.05, 3.63) is 76.2 Å². The Morgan fingerprint density at radius 2 is 1.97 bits per heavy atom. The standard InChI is InChI=1S/C23H22N4O5/c1-31-20-4-2-3-18(15-20)22-24-23(32-25-22)17-11-13-26(14-12-17)21(28)10-7-16-5-8-19(9-6-16)27(29)30/h2-10,15,17H,11-14H2,1H3/b10-7+. The van der Waals surface area contributed by atoms with Crippen LogP contribution in [-0.4, -0.2) is 46.1 Å². The topological polar surface area (TPSA) is 112 Å². The number of nitro benzene ring substituents is 1. The molecule has 0 atom stereocenters. The van der Waals surface area contributed by atoms with Gasteiger partial charge in [-0.15, -0.1) is 0 Å². The first kappa shape index (κ1) is 21.2. The number of nitro groups is 1. The molecule has 3 aromatic rings. The minimum absolute atomic E-state index is 0.0196. The Morgan fingerprint density at radius 1 is 1.22 bits per heavy atom. The number of ether oxygens (including phenoxy) is 1. The molecule has 0 aliphatic carbocycles. The minimum Gasteiger partial charge on any atom is -0.497 e. The maximum Gasteiger partial charge on any atom is 0.269 e. The van der Waals surface area contributed by atoms with E-state index in [9.17, 15) is 14.9 Å². The van der Waals surface area contributed by atoms with E-state index in [1.165, 1.54) is 18.2 Å². The van der Waals surface area contributed by atoms with E-state index in [-0.39, 0.29) is 17.5 Å². The number of non-ortho nitro benzene ring substituents is 1. The van der Waals surface area contributed by atoms with Crippen molar-refractivity contribution in [2.75, 3.05) is 20.2 Å². The molecule has 9 nitrogen and oxygen atoms in total. The Balaban J connectivity index is 1.33. The zero-order valence-electron chi connectivity index (χ0n) is 17.5. The van der Waals surface area contributed by atoms with Gasteiger partial charge in [0, 0.05) is 42.8 Å². The highest BCUT2D eigenvalue weighted by molar-refractivity contribution is 5.91. The Kier molecular flexibility index (Phi) is 6.25. The Hall–Kier alpha value is -4.01. The van der Waals surface area contributed by atoms with Crippen molar-refractivity contribution < 1.29 is 19.0 Å². The minimum atomic E-state index is -0.453. The monoisotopic (exact) mass is 434 g/mol. The summed E-state index contributed by atoms with van der Waals surface area (Å²) in [4.78, 5) is 29.1. The highest BCUT2D eigenvalue weighted by Gasteiger charge is 2.27. The molecule has 32 heavy (non-hydrogen) atoms. The highest BCUT2D eigenvalue weighted by Crippen LogP contribution is 2.29. The summed E-state index contributed by atoms with van der Waals surface area (Å²) in [6.45, 7) is 1.18. The largest absolute Gasteiger partial charge is 0.497 e. The number of methoxy groups -OCH3 is 1. The molecule has 1 fully saturated rings. The zero-order chi connectivity index (χ0) is 22.5. The molecule has 1 saturated heterocycles. The second-order valence-corrected chi connectivity index (χ2v) is 7.47. The van der Waals surface area contributed by atoms with Gasteiger partial charge in [-0.25, -0.2) is 0 Å². The quantitative estimate of drug-likeness (QED) is 0.326. The first-order chi connectivity index (χ1) is 15.5. The number of nitrogens with zero attached hydrogens (tertiary/aromatic N) is 4. The lowest BCUT2D eigenvalue weighted by atomic mass is 9.96. The van der Waals surface area contributed by atoms with Gasteiger partial charge in [-0.2, -0.15) is 4.98 Å². The number of benzene rings is 2. The van der Waals surface area contributed by atoms with Crippen LogP contribution in [0, 0.1) is 10.1 Å². The average molecular weight is 434 g/mol. The van der Waals surface area contributed by atoms with Crippen LogP contribution in [0.3, 0.4) is 0 Å². The predicted octanol–water partition coefficient (Wildman–Crippen LogP) is 4.07. The zero-order valence-corrected chi connectivity index (χ0v) is 17.5. The fraction of sp³-hybridized carbons (Fsp3) is 0.261. The van der Waals surface area contributed by atoms with Crippen molar-refractivity contribution in [3.63, 3.8) is 0 Å². The molecule has 4 rings (SSSR count). The number of amides is 1. The molecule has 2 aromatic carbocycles. The lowest BCUT2D eigenvalue weighted by Crippen LogP contribution is -2.36. The highest BCUT2D eigenvalue weighted by atomic mass is 16.6. The van der Waals surface area contributed by atoms with Gasteiger partial charge < -0.3 is 14.2 Å². The van der Waals surface area contributed by atoms with E-state index >= 15 is 0 Å². The van der Waals surface area contributed by atoms with Gasteiger partial charge in [0.2, 0.25) is 17.6 Å². The molecule has 0 unspecified atom stereocenters. The van der Waals surface area contributed by atoms with Gasteiger partial charge in [0.15, 0.2) is 0 Å². The van der Waals surface area contributed by atoms with Crippen LogP contribution in [0.2, 0.25) is 0 Å². The van der Waals surface area contributed by atoms with Crippen LogP contribution in [-0.2, 0) is 4.79 Å². The van der Waals surface area contributed by atoms with Gasteiger partial charge in [-0.3, -0.25) is 14.9 Å². The summed E-state index contributed by atoms with van der Waals surface area (Å²) in [7, 11) is 1.61. The Morgan fingerprint density at radius 3 is 2.66 bits per heavy atom. The molecule has 1 aliphatic heterocycles. The smallest absolute Gasteiger partial charge is 0.269 e. The van der Waals surface area contributed by atoms with Gasteiger partial charge in [0.1, 0.15) is 5.75 Å². The van der Waals surface area contributed by atoms with Crippen molar-refractivity contribution in [2.24, 2.45) is 0 Å². The number of likely N-dealkylation sites (tertiary alicyclic amines) is 1. The SMILES string of the molecule is COc1cccc(-c2noc(C3CCN(C(=O)/C=C/c4ccc([N+](=O)[O-])cc4)CC3)n2)c1. The van der Waals surface area contributed by atoms with Gasteiger partial charge in [0.25, 0.3) is 5.69 Å². The van der Waals surface area contributed by atoms with Gasteiger partial charge in [-0.05, 0) is 48.7 Å². The summed E-state index contributed by atoms with van der Waals surface area (Å²) < 4.78 is 10.7. The first-order valence-electron chi connectivity index (χ1n) is 10.2. The molecular formula is C23H22N4O5. The number of carbonyl (C=O) groups excluding carboxylic acids is 1. The second-order valence-electron chi connectivity index (χ2n) is 7.47. The predicted molar refractivity (Wildman–Crippen MR) is 117 cm³/mol. The third-order valence-electron chi connectivity index (χ3n) is 5.45. The number of rotatable bonds is 6. The summed E-state index contributed by atoms with van der Waals surface area (Å²) in [5, 5.41) is 14.8. The fourth-order valence-electron chi connectivity index (χ4n) is 3.61. The molecule has 1 amide bonds. The normalized spacial score (nSPS) is 14.6. The molecule has 0 spiro atoms.